The molecule has 1 aliphatic rings. The highest BCUT2D eigenvalue weighted by atomic mass is 35.5. The molecule has 1 N–H and O–H groups in total. The molecule has 0 amide bonds. The third kappa shape index (κ3) is 2.74. The quantitative estimate of drug-likeness (QED) is 0.504. The van der Waals surface area contributed by atoms with Crippen LogP contribution in [0.3, 0.4) is 0 Å². The molecule has 11 heteroatoms. The number of rotatable bonds is 3. The van der Waals surface area contributed by atoms with Crippen LogP contribution in [0.4, 0.5) is 0 Å². The SMILES string of the molecule is Cn1c(=O)c2c(-c3nc(CO)cs3)n3c(c2n(C)c1=O)[C@H](c1nc(Cl)cs1)CCC3. The van der Waals surface area contributed by atoms with Crippen molar-refractivity contribution in [3.63, 3.8) is 0 Å². The maximum absolute atomic E-state index is 13.3. The average molecular weight is 464 g/mol. The molecule has 5 rings (SSSR count). The van der Waals surface area contributed by atoms with Gasteiger partial charge in [0.15, 0.2) is 0 Å². The van der Waals surface area contributed by atoms with E-state index in [-0.39, 0.29) is 23.8 Å². The first kappa shape index (κ1) is 19.7. The number of halogens is 1. The standard InChI is InChI=1S/C19H18ClN5O3S2/c1-23-14-12(18(27)24(2)19(23)28)15(17-21-9(6-26)7-29-17)25-5-3-4-10(13(14)25)16-22-11(20)8-30-16/h7-8,10,26H,3-6H2,1-2H3/t10-/m1/s1. The number of hydrogen-bond donors (Lipinski definition) is 1. The fraction of sp³-hybridized carbons (Fsp3) is 0.368. The first-order valence-corrected chi connectivity index (χ1v) is 11.5. The number of thiazole rings is 2. The Morgan fingerprint density at radius 3 is 2.67 bits per heavy atom. The van der Waals surface area contributed by atoms with Gasteiger partial charge in [0.1, 0.15) is 15.2 Å². The van der Waals surface area contributed by atoms with Crippen molar-refractivity contribution in [3.8, 4) is 10.7 Å². The average Bonchev–Trinajstić information content (AvgIpc) is 3.46. The molecule has 0 fully saturated rings. The number of aryl methyl sites for hydroxylation is 1. The minimum absolute atomic E-state index is 0.0671. The second-order valence-corrected chi connectivity index (χ2v) is 9.46. The lowest BCUT2D eigenvalue weighted by Crippen LogP contribution is -2.37. The summed E-state index contributed by atoms with van der Waals surface area (Å²) in [4.78, 5) is 35.1. The first-order valence-electron chi connectivity index (χ1n) is 9.41. The molecule has 1 atom stereocenters. The highest BCUT2D eigenvalue weighted by Gasteiger charge is 2.34. The van der Waals surface area contributed by atoms with Gasteiger partial charge in [-0.15, -0.1) is 22.7 Å². The van der Waals surface area contributed by atoms with Crippen molar-refractivity contribution >= 4 is 45.2 Å². The van der Waals surface area contributed by atoms with Crippen molar-refractivity contribution < 1.29 is 5.11 Å². The molecule has 0 saturated carbocycles. The lowest BCUT2D eigenvalue weighted by atomic mass is 9.96. The Balaban J connectivity index is 1.94. The molecule has 156 valence electrons. The number of aliphatic hydroxyl groups excluding tert-OH is 1. The van der Waals surface area contributed by atoms with Gasteiger partial charge in [-0.25, -0.2) is 14.8 Å². The Kier molecular flexibility index (Phi) is 4.69. The summed E-state index contributed by atoms with van der Waals surface area (Å²) in [7, 11) is 3.18. The molecule has 30 heavy (non-hydrogen) atoms. The summed E-state index contributed by atoms with van der Waals surface area (Å²) in [5.74, 6) is -0.0671. The molecule has 0 saturated heterocycles. The predicted molar refractivity (Wildman–Crippen MR) is 118 cm³/mol. The molecule has 0 spiro atoms. The van der Waals surface area contributed by atoms with Crippen molar-refractivity contribution in [1.82, 2.24) is 23.7 Å². The Hall–Kier alpha value is -2.27. The van der Waals surface area contributed by atoms with Crippen molar-refractivity contribution in [2.24, 2.45) is 14.1 Å². The lowest BCUT2D eigenvalue weighted by molar-refractivity contribution is 0.278. The van der Waals surface area contributed by atoms with Gasteiger partial charge < -0.3 is 9.67 Å². The summed E-state index contributed by atoms with van der Waals surface area (Å²) in [6.45, 7) is 0.541. The van der Waals surface area contributed by atoms with Gasteiger partial charge in [0.05, 0.1) is 40.5 Å². The zero-order valence-corrected chi connectivity index (χ0v) is 18.6. The topological polar surface area (TPSA) is 94.9 Å². The third-order valence-electron chi connectivity index (χ3n) is 5.62. The molecule has 4 aromatic rings. The highest BCUT2D eigenvalue weighted by molar-refractivity contribution is 7.13. The molecule has 0 unspecified atom stereocenters. The molecular formula is C19H18ClN5O3S2. The fourth-order valence-corrected chi connectivity index (χ4v) is 6.25. The van der Waals surface area contributed by atoms with E-state index in [9.17, 15) is 14.7 Å². The van der Waals surface area contributed by atoms with E-state index in [0.717, 1.165) is 28.1 Å². The third-order valence-corrected chi connectivity index (χ3v) is 7.80. The Morgan fingerprint density at radius 1 is 1.20 bits per heavy atom. The molecule has 0 aromatic carbocycles. The van der Waals surface area contributed by atoms with Crippen LogP contribution in [0, 0.1) is 0 Å². The summed E-state index contributed by atoms with van der Waals surface area (Å²) in [5.41, 5.74) is 2.06. The zero-order valence-electron chi connectivity index (χ0n) is 16.3. The minimum Gasteiger partial charge on any atom is -0.390 e. The normalized spacial score (nSPS) is 16.3. The van der Waals surface area contributed by atoms with E-state index in [1.165, 1.54) is 29.7 Å². The number of hydrogen-bond acceptors (Lipinski definition) is 7. The van der Waals surface area contributed by atoms with Crippen LogP contribution in [0.5, 0.6) is 0 Å². The van der Waals surface area contributed by atoms with Gasteiger partial charge in [0, 0.05) is 31.4 Å². The molecule has 0 radical (unpaired) electrons. The maximum Gasteiger partial charge on any atom is 0.331 e. The second kappa shape index (κ2) is 7.16. The van der Waals surface area contributed by atoms with Crippen LogP contribution in [0.1, 0.15) is 35.2 Å². The number of aliphatic hydroxyl groups is 1. The lowest BCUT2D eigenvalue weighted by Gasteiger charge is -2.25. The van der Waals surface area contributed by atoms with Crippen molar-refractivity contribution in [3.05, 3.63) is 53.1 Å². The van der Waals surface area contributed by atoms with Crippen molar-refractivity contribution in [2.45, 2.75) is 31.9 Å². The van der Waals surface area contributed by atoms with E-state index < -0.39 is 0 Å². The minimum atomic E-state index is -0.371. The van der Waals surface area contributed by atoms with E-state index in [4.69, 9.17) is 11.6 Å². The Bertz CT molecular complexity index is 1410. The van der Waals surface area contributed by atoms with Gasteiger partial charge in [-0.3, -0.25) is 13.9 Å². The van der Waals surface area contributed by atoms with Gasteiger partial charge in [-0.1, -0.05) is 11.6 Å². The number of fused-ring (bicyclic) bond motifs is 3. The summed E-state index contributed by atoms with van der Waals surface area (Å²) >= 11 is 8.97. The van der Waals surface area contributed by atoms with E-state index >= 15 is 0 Å². The summed E-state index contributed by atoms with van der Waals surface area (Å²) < 4.78 is 4.78. The summed E-state index contributed by atoms with van der Waals surface area (Å²) in [5, 5.41) is 15.5. The Morgan fingerprint density at radius 2 is 2.00 bits per heavy atom. The molecule has 1 aliphatic heterocycles. The van der Waals surface area contributed by atoms with Crippen LogP contribution >= 0.6 is 34.3 Å². The van der Waals surface area contributed by atoms with Gasteiger partial charge in [0.2, 0.25) is 0 Å². The Labute approximate surface area is 183 Å². The van der Waals surface area contributed by atoms with E-state index in [1.807, 2.05) is 0 Å². The molecule has 0 aliphatic carbocycles. The second-order valence-electron chi connectivity index (χ2n) is 7.32. The summed E-state index contributed by atoms with van der Waals surface area (Å²) in [6.07, 6.45) is 1.75. The van der Waals surface area contributed by atoms with Crippen LogP contribution in [0.25, 0.3) is 21.6 Å². The fourth-order valence-electron chi connectivity index (χ4n) is 4.29. The number of nitrogens with zero attached hydrogens (tertiary/aromatic N) is 5. The monoisotopic (exact) mass is 463 g/mol. The van der Waals surface area contributed by atoms with Crippen LogP contribution in [0.15, 0.2) is 20.3 Å². The molecule has 4 aromatic heterocycles. The van der Waals surface area contributed by atoms with Crippen LogP contribution in [-0.4, -0.2) is 28.8 Å². The molecule has 8 nitrogen and oxygen atoms in total. The largest absolute Gasteiger partial charge is 0.390 e. The molecule has 0 bridgehead atoms. The van der Waals surface area contributed by atoms with E-state index in [1.54, 1.807) is 22.4 Å². The van der Waals surface area contributed by atoms with Crippen molar-refractivity contribution in [1.29, 1.82) is 0 Å². The molecule has 5 heterocycles. The first-order chi connectivity index (χ1) is 14.4. The zero-order chi connectivity index (χ0) is 21.2. The smallest absolute Gasteiger partial charge is 0.331 e. The predicted octanol–water partition coefficient (Wildman–Crippen LogP) is 2.69. The van der Waals surface area contributed by atoms with Crippen LogP contribution < -0.4 is 11.2 Å². The van der Waals surface area contributed by atoms with Gasteiger partial charge in [-0.2, -0.15) is 0 Å². The number of aromatic nitrogens is 5. The van der Waals surface area contributed by atoms with Crippen LogP contribution in [0.2, 0.25) is 5.15 Å². The van der Waals surface area contributed by atoms with Crippen LogP contribution in [-0.2, 0) is 27.2 Å². The van der Waals surface area contributed by atoms with Gasteiger partial charge in [-0.05, 0) is 12.8 Å². The van der Waals surface area contributed by atoms with Crippen molar-refractivity contribution in [2.75, 3.05) is 0 Å². The van der Waals surface area contributed by atoms with Gasteiger partial charge >= 0.3 is 5.69 Å². The highest BCUT2D eigenvalue weighted by Crippen LogP contribution is 2.44. The van der Waals surface area contributed by atoms with E-state index in [2.05, 4.69) is 14.5 Å². The molecular weight excluding hydrogens is 446 g/mol. The van der Waals surface area contributed by atoms with E-state index in [0.29, 0.717) is 39.0 Å². The maximum atomic E-state index is 13.3. The van der Waals surface area contributed by atoms with Gasteiger partial charge in [0.25, 0.3) is 5.56 Å². The summed E-state index contributed by atoms with van der Waals surface area (Å²) in [6, 6.07) is 0.